The molecule has 7 heteroatoms. The molecule has 1 aromatic heterocycles. The van der Waals surface area contributed by atoms with E-state index in [0.717, 1.165) is 5.56 Å². The van der Waals surface area contributed by atoms with Crippen LogP contribution in [0.1, 0.15) is 30.7 Å². The topological polar surface area (TPSA) is 86.2 Å². The normalized spacial score (nSPS) is 11.6. The van der Waals surface area contributed by atoms with E-state index in [4.69, 9.17) is 9.47 Å². The molecule has 0 bridgehead atoms. The van der Waals surface area contributed by atoms with Crippen LogP contribution in [0.25, 0.3) is 0 Å². The van der Waals surface area contributed by atoms with Crippen LogP contribution in [-0.4, -0.2) is 35.1 Å². The van der Waals surface area contributed by atoms with E-state index < -0.39 is 0 Å². The number of amides is 1. The van der Waals surface area contributed by atoms with Crippen LogP contribution in [0.2, 0.25) is 0 Å². The molecule has 0 saturated heterocycles. The number of nitrogens with one attached hydrogen (secondary N) is 1. The summed E-state index contributed by atoms with van der Waals surface area (Å²) in [5.74, 6) is 0.101. The van der Waals surface area contributed by atoms with Crippen molar-refractivity contribution in [3.05, 3.63) is 41.7 Å². The third kappa shape index (κ3) is 4.38. The minimum Gasteiger partial charge on any atom is -0.467 e. The number of hydrogen-bond acceptors (Lipinski definition) is 6. The Labute approximate surface area is 135 Å². The van der Waals surface area contributed by atoms with Crippen molar-refractivity contribution < 1.29 is 14.3 Å². The summed E-state index contributed by atoms with van der Waals surface area (Å²) >= 11 is 0. The molecule has 1 atom stereocenters. The standard InChI is InChI=1S/C16H20N4O3/c1-4-12(11-8-6-5-7-9-11)14(21)17-10-13-18-15(22-2)20-16(19-13)23-3/h5-9,12H,4,10H2,1-3H3,(H,17,21). The molecular formula is C16H20N4O3. The quantitative estimate of drug-likeness (QED) is 0.836. The number of benzene rings is 1. The van der Waals surface area contributed by atoms with Crippen molar-refractivity contribution >= 4 is 5.91 Å². The van der Waals surface area contributed by atoms with Crippen LogP contribution in [0, 0.1) is 0 Å². The van der Waals surface area contributed by atoms with Gasteiger partial charge in [0.05, 0.1) is 26.7 Å². The van der Waals surface area contributed by atoms with Crippen molar-refractivity contribution in [2.75, 3.05) is 14.2 Å². The van der Waals surface area contributed by atoms with Crippen LogP contribution in [0.3, 0.4) is 0 Å². The van der Waals surface area contributed by atoms with Crippen LogP contribution >= 0.6 is 0 Å². The van der Waals surface area contributed by atoms with E-state index >= 15 is 0 Å². The van der Waals surface area contributed by atoms with Gasteiger partial charge in [-0.05, 0) is 12.0 Å². The summed E-state index contributed by atoms with van der Waals surface area (Å²) in [6, 6.07) is 9.97. The molecule has 1 amide bonds. The van der Waals surface area contributed by atoms with Gasteiger partial charge in [0.2, 0.25) is 5.91 Å². The Balaban J connectivity index is 2.06. The summed E-state index contributed by atoms with van der Waals surface area (Å²) in [6.45, 7) is 2.16. The van der Waals surface area contributed by atoms with Gasteiger partial charge in [-0.3, -0.25) is 4.79 Å². The number of aromatic nitrogens is 3. The van der Waals surface area contributed by atoms with Gasteiger partial charge in [-0.2, -0.15) is 9.97 Å². The van der Waals surface area contributed by atoms with Gasteiger partial charge in [0, 0.05) is 0 Å². The number of hydrogen-bond donors (Lipinski definition) is 1. The molecule has 23 heavy (non-hydrogen) atoms. The first-order chi connectivity index (χ1) is 11.2. The Kier molecular flexibility index (Phi) is 5.85. The van der Waals surface area contributed by atoms with Gasteiger partial charge in [-0.1, -0.05) is 37.3 Å². The van der Waals surface area contributed by atoms with Gasteiger partial charge in [-0.15, -0.1) is 4.98 Å². The molecule has 0 radical (unpaired) electrons. The van der Waals surface area contributed by atoms with E-state index in [1.807, 2.05) is 37.3 Å². The monoisotopic (exact) mass is 316 g/mol. The maximum absolute atomic E-state index is 12.4. The van der Waals surface area contributed by atoms with Crippen molar-refractivity contribution in [1.82, 2.24) is 20.3 Å². The first-order valence-corrected chi connectivity index (χ1v) is 7.33. The fourth-order valence-electron chi connectivity index (χ4n) is 2.19. The second-order valence-electron chi connectivity index (χ2n) is 4.81. The molecule has 0 aliphatic rings. The molecule has 2 rings (SSSR count). The SMILES string of the molecule is CCC(C(=O)NCc1nc(OC)nc(OC)n1)c1ccccc1. The molecule has 1 heterocycles. The molecule has 0 aliphatic heterocycles. The molecule has 0 aliphatic carbocycles. The average Bonchev–Trinajstić information content (AvgIpc) is 2.61. The maximum atomic E-state index is 12.4. The molecule has 1 N–H and O–H groups in total. The van der Waals surface area contributed by atoms with Crippen LogP contribution in [0.15, 0.2) is 30.3 Å². The molecule has 1 aromatic carbocycles. The number of rotatable bonds is 7. The zero-order valence-corrected chi connectivity index (χ0v) is 13.4. The molecule has 7 nitrogen and oxygen atoms in total. The Hall–Kier alpha value is -2.70. The van der Waals surface area contributed by atoms with Crippen molar-refractivity contribution in [3.8, 4) is 12.0 Å². The van der Waals surface area contributed by atoms with Gasteiger partial charge in [0.25, 0.3) is 0 Å². The van der Waals surface area contributed by atoms with Crippen molar-refractivity contribution in [3.63, 3.8) is 0 Å². The second kappa shape index (κ2) is 8.07. The van der Waals surface area contributed by atoms with Crippen LogP contribution in [0.4, 0.5) is 0 Å². The van der Waals surface area contributed by atoms with E-state index in [-0.39, 0.29) is 30.4 Å². The lowest BCUT2D eigenvalue weighted by Crippen LogP contribution is -2.29. The fourth-order valence-corrected chi connectivity index (χ4v) is 2.19. The predicted molar refractivity (Wildman–Crippen MR) is 84.3 cm³/mol. The fraction of sp³-hybridized carbons (Fsp3) is 0.375. The van der Waals surface area contributed by atoms with Crippen LogP contribution in [0.5, 0.6) is 12.0 Å². The van der Waals surface area contributed by atoms with Crippen LogP contribution < -0.4 is 14.8 Å². The summed E-state index contributed by atoms with van der Waals surface area (Å²) in [7, 11) is 2.92. The summed E-state index contributed by atoms with van der Waals surface area (Å²) in [5, 5.41) is 2.85. The summed E-state index contributed by atoms with van der Waals surface area (Å²) in [4.78, 5) is 24.5. The van der Waals surface area contributed by atoms with E-state index in [1.165, 1.54) is 14.2 Å². The summed E-state index contributed by atoms with van der Waals surface area (Å²) in [6.07, 6.45) is 0.708. The van der Waals surface area contributed by atoms with Crippen molar-refractivity contribution in [2.45, 2.75) is 25.8 Å². The van der Waals surface area contributed by atoms with Crippen LogP contribution in [-0.2, 0) is 11.3 Å². The maximum Gasteiger partial charge on any atom is 0.322 e. The minimum absolute atomic E-state index is 0.0722. The van der Waals surface area contributed by atoms with Gasteiger partial charge in [0.1, 0.15) is 0 Å². The van der Waals surface area contributed by atoms with Crippen molar-refractivity contribution in [2.24, 2.45) is 0 Å². The minimum atomic E-state index is -0.207. The van der Waals surface area contributed by atoms with Gasteiger partial charge < -0.3 is 14.8 Å². The highest BCUT2D eigenvalue weighted by molar-refractivity contribution is 5.83. The number of carbonyl (C=O) groups is 1. The smallest absolute Gasteiger partial charge is 0.322 e. The Morgan fingerprint density at radius 1 is 1.09 bits per heavy atom. The first-order valence-electron chi connectivity index (χ1n) is 7.33. The largest absolute Gasteiger partial charge is 0.467 e. The zero-order valence-electron chi connectivity index (χ0n) is 13.4. The molecular weight excluding hydrogens is 296 g/mol. The molecule has 0 saturated carbocycles. The Morgan fingerprint density at radius 2 is 1.70 bits per heavy atom. The highest BCUT2D eigenvalue weighted by Crippen LogP contribution is 2.19. The van der Waals surface area contributed by atoms with Gasteiger partial charge >= 0.3 is 12.0 Å². The lowest BCUT2D eigenvalue weighted by Gasteiger charge is -2.15. The highest BCUT2D eigenvalue weighted by atomic mass is 16.5. The van der Waals surface area contributed by atoms with Gasteiger partial charge in [-0.25, -0.2) is 0 Å². The molecule has 122 valence electrons. The number of methoxy groups -OCH3 is 2. The lowest BCUT2D eigenvalue weighted by molar-refractivity contribution is -0.122. The third-order valence-electron chi connectivity index (χ3n) is 3.35. The van der Waals surface area contributed by atoms with Gasteiger partial charge in [0.15, 0.2) is 5.82 Å². The number of ether oxygens (including phenoxy) is 2. The average molecular weight is 316 g/mol. The molecule has 0 fully saturated rings. The highest BCUT2D eigenvalue weighted by Gasteiger charge is 2.18. The first kappa shape index (κ1) is 16.7. The number of carbonyl (C=O) groups excluding carboxylic acids is 1. The van der Waals surface area contributed by atoms with E-state index in [2.05, 4.69) is 20.3 Å². The number of nitrogens with zero attached hydrogens (tertiary/aromatic N) is 3. The Bertz CT molecular complexity index is 627. The second-order valence-corrected chi connectivity index (χ2v) is 4.81. The van der Waals surface area contributed by atoms with Crippen molar-refractivity contribution in [1.29, 1.82) is 0 Å². The summed E-state index contributed by atoms with van der Waals surface area (Å²) in [5.41, 5.74) is 0.985. The summed E-state index contributed by atoms with van der Waals surface area (Å²) < 4.78 is 9.97. The molecule has 1 unspecified atom stereocenters. The van der Waals surface area contributed by atoms with E-state index in [9.17, 15) is 4.79 Å². The van der Waals surface area contributed by atoms with E-state index in [1.54, 1.807) is 0 Å². The van der Waals surface area contributed by atoms with E-state index in [0.29, 0.717) is 12.2 Å². The lowest BCUT2D eigenvalue weighted by atomic mass is 9.96. The molecule has 2 aromatic rings. The molecule has 0 spiro atoms. The Morgan fingerprint density at radius 3 is 2.22 bits per heavy atom. The zero-order chi connectivity index (χ0) is 16.7. The third-order valence-corrected chi connectivity index (χ3v) is 3.35. The predicted octanol–water partition coefficient (Wildman–Crippen LogP) is 1.70.